The zero-order valence-electron chi connectivity index (χ0n) is 10.1. The van der Waals surface area contributed by atoms with Gasteiger partial charge in [0, 0.05) is 11.1 Å². The van der Waals surface area contributed by atoms with Crippen molar-refractivity contribution in [2.24, 2.45) is 0 Å². The summed E-state index contributed by atoms with van der Waals surface area (Å²) >= 11 is 11.2. The molecule has 96 valence electrons. The normalized spacial score (nSPS) is 10.8. The Hall–Kier alpha value is -1.85. The highest BCUT2D eigenvalue weighted by molar-refractivity contribution is 7.71. The molecule has 19 heavy (non-hydrogen) atoms. The van der Waals surface area contributed by atoms with Crippen molar-refractivity contribution in [1.82, 2.24) is 14.5 Å². The molecule has 0 saturated heterocycles. The average molecular weight is 292 g/mol. The van der Waals surface area contributed by atoms with E-state index in [1.807, 2.05) is 34.9 Å². The van der Waals surface area contributed by atoms with E-state index in [4.69, 9.17) is 28.6 Å². The fourth-order valence-electron chi connectivity index (χ4n) is 1.91. The lowest BCUT2D eigenvalue weighted by Gasteiger charge is -2.04. The van der Waals surface area contributed by atoms with Gasteiger partial charge >= 0.3 is 0 Å². The van der Waals surface area contributed by atoms with Gasteiger partial charge in [-0.05, 0) is 42.5 Å². The maximum absolute atomic E-state index is 5.90. The van der Waals surface area contributed by atoms with Crippen LogP contribution in [0.1, 0.15) is 0 Å². The molecule has 0 aliphatic rings. The minimum Gasteiger partial charge on any atom is -0.481 e. The first kappa shape index (κ1) is 12.2. The monoisotopic (exact) mass is 291 g/mol. The number of aromatic nitrogens is 3. The van der Waals surface area contributed by atoms with E-state index in [-0.39, 0.29) is 0 Å². The van der Waals surface area contributed by atoms with Crippen molar-refractivity contribution < 1.29 is 4.74 Å². The summed E-state index contributed by atoms with van der Waals surface area (Å²) in [6.07, 6.45) is 0. The molecule has 2 aromatic heterocycles. The first-order chi connectivity index (χ1) is 9.19. The van der Waals surface area contributed by atoms with Gasteiger partial charge in [-0.2, -0.15) is 4.98 Å². The van der Waals surface area contributed by atoms with Crippen LogP contribution in [0, 0.1) is 4.77 Å². The number of fused-ring (bicyclic) bond motifs is 1. The lowest BCUT2D eigenvalue weighted by atomic mass is 10.3. The van der Waals surface area contributed by atoms with Gasteiger partial charge in [0.1, 0.15) is 0 Å². The van der Waals surface area contributed by atoms with E-state index in [9.17, 15) is 0 Å². The van der Waals surface area contributed by atoms with Crippen LogP contribution in [-0.4, -0.2) is 21.6 Å². The Balaban J connectivity index is 2.30. The van der Waals surface area contributed by atoms with Crippen molar-refractivity contribution in [3.8, 4) is 11.6 Å². The van der Waals surface area contributed by atoms with Gasteiger partial charge in [0.25, 0.3) is 0 Å². The molecule has 0 unspecified atom stereocenters. The van der Waals surface area contributed by atoms with Crippen LogP contribution in [0.5, 0.6) is 5.88 Å². The Morgan fingerprint density at radius 1 is 1.21 bits per heavy atom. The zero-order valence-corrected chi connectivity index (χ0v) is 11.6. The van der Waals surface area contributed by atoms with Crippen LogP contribution in [0.2, 0.25) is 5.02 Å². The van der Waals surface area contributed by atoms with Crippen LogP contribution in [0.25, 0.3) is 16.9 Å². The van der Waals surface area contributed by atoms with Crippen LogP contribution < -0.4 is 4.74 Å². The Morgan fingerprint density at radius 2 is 1.95 bits per heavy atom. The third-order valence-corrected chi connectivity index (χ3v) is 3.34. The molecule has 0 spiro atoms. The van der Waals surface area contributed by atoms with Gasteiger partial charge in [-0.25, -0.2) is 0 Å². The number of nitrogens with zero attached hydrogens (tertiary/aromatic N) is 2. The van der Waals surface area contributed by atoms with Crippen LogP contribution >= 0.6 is 23.8 Å². The van der Waals surface area contributed by atoms with Crippen molar-refractivity contribution in [1.29, 1.82) is 0 Å². The van der Waals surface area contributed by atoms with Crippen molar-refractivity contribution in [3.63, 3.8) is 0 Å². The van der Waals surface area contributed by atoms with Gasteiger partial charge in [-0.1, -0.05) is 11.6 Å². The van der Waals surface area contributed by atoms with Crippen LogP contribution in [0.4, 0.5) is 0 Å². The Bertz CT molecular complexity index is 792. The quantitative estimate of drug-likeness (QED) is 0.731. The first-order valence-electron chi connectivity index (χ1n) is 5.61. The number of benzene rings is 1. The molecule has 6 heteroatoms. The molecule has 0 fully saturated rings. The standard InChI is InChI=1S/C13H10ClN3OS/c1-18-11-7-6-10-12(16-11)17(13(19)15-10)9-4-2-8(14)3-5-9/h2-7H,1H3,(H,15,19). The Labute approximate surface area is 119 Å². The number of nitrogens with one attached hydrogen (secondary N) is 1. The SMILES string of the molecule is COc1ccc2[nH]c(=S)n(-c3ccc(Cl)cc3)c2n1. The molecule has 4 nitrogen and oxygen atoms in total. The smallest absolute Gasteiger partial charge is 0.215 e. The fourth-order valence-corrected chi connectivity index (χ4v) is 2.34. The summed E-state index contributed by atoms with van der Waals surface area (Å²) in [5.74, 6) is 0.546. The molecule has 2 heterocycles. The predicted molar refractivity (Wildman–Crippen MR) is 77.8 cm³/mol. The summed E-state index contributed by atoms with van der Waals surface area (Å²) in [6.45, 7) is 0. The summed E-state index contributed by atoms with van der Waals surface area (Å²) in [4.78, 5) is 7.54. The molecule has 1 aromatic carbocycles. The highest BCUT2D eigenvalue weighted by Crippen LogP contribution is 2.21. The van der Waals surface area contributed by atoms with Crippen molar-refractivity contribution >= 4 is 35.0 Å². The number of pyridine rings is 1. The van der Waals surface area contributed by atoms with E-state index < -0.39 is 0 Å². The third-order valence-electron chi connectivity index (χ3n) is 2.80. The summed E-state index contributed by atoms with van der Waals surface area (Å²) in [7, 11) is 1.59. The molecule has 1 N–H and O–H groups in total. The second kappa shape index (κ2) is 4.68. The Morgan fingerprint density at radius 3 is 2.63 bits per heavy atom. The summed E-state index contributed by atoms with van der Waals surface area (Å²) in [6, 6.07) is 11.1. The van der Waals surface area contributed by atoms with Crippen LogP contribution in [-0.2, 0) is 0 Å². The van der Waals surface area contributed by atoms with Gasteiger partial charge in [0.2, 0.25) is 5.88 Å². The summed E-state index contributed by atoms with van der Waals surface area (Å²) in [5, 5.41) is 0.681. The van der Waals surface area contributed by atoms with E-state index in [1.165, 1.54) is 0 Å². The molecular weight excluding hydrogens is 282 g/mol. The fraction of sp³-hybridized carbons (Fsp3) is 0.0769. The number of methoxy groups -OCH3 is 1. The minimum atomic E-state index is 0.546. The van der Waals surface area contributed by atoms with Crippen LogP contribution in [0.15, 0.2) is 36.4 Å². The van der Waals surface area contributed by atoms with Crippen molar-refractivity contribution in [3.05, 3.63) is 46.2 Å². The molecule has 0 atom stereocenters. The van der Waals surface area contributed by atoms with E-state index in [0.29, 0.717) is 15.7 Å². The Kier molecular flexibility index (Phi) is 3.00. The molecule has 3 rings (SSSR count). The number of hydrogen-bond acceptors (Lipinski definition) is 3. The molecule has 0 amide bonds. The number of ether oxygens (including phenoxy) is 1. The van der Waals surface area contributed by atoms with Gasteiger partial charge < -0.3 is 9.72 Å². The van der Waals surface area contributed by atoms with Gasteiger partial charge in [-0.3, -0.25) is 4.57 Å². The summed E-state index contributed by atoms with van der Waals surface area (Å²) < 4.78 is 7.58. The lowest BCUT2D eigenvalue weighted by molar-refractivity contribution is 0.399. The second-order valence-corrected chi connectivity index (χ2v) is 4.79. The molecule has 0 aliphatic carbocycles. The summed E-state index contributed by atoms with van der Waals surface area (Å²) in [5.41, 5.74) is 2.49. The molecule has 3 aromatic rings. The van der Waals surface area contributed by atoms with Crippen molar-refractivity contribution in [2.45, 2.75) is 0 Å². The number of H-pyrrole nitrogens is 1. The van der Waals surface area contributed by atoms with Crippen LogP contribution in [0.3, 0.4) is 0 Å². The number of halogens is 1. The maximum atomic E-state index is 5.90. The number of rotatable bonds is 2. The molecule has 0 radical (unpaired) electrons. The van der Waals surface area contributed by atoms with E-state index in [0.717, 1.165) is 16.9 Å². The molecular formula is C13H10ClN3OS. The third kappa shape index (κ3) is 2.11. The second-order valence-electron chi connectivity index (χ2n) is 3.97. The molecule has 0 saturated carbocycles. The predicted octanol–water partition coefficient (Wildman–Crippen LogP) is 3.75. The van der Waals surface area contributed by atoms with E-state index in [1.54, 1.807) is 13.2 Å². The highest BCUT2D eigenvalue weighted by Gasteiger charge is 2.09. The van der Waals surface area contributed by atoms with Gasteiger partial charge in [0.15, 0.2) is 10.4 Å². The molecule has 0 aliphatic heterocycles. The molecule has 0 bridgehead atoms. The first-order valence-corrected chi connectivity index (χ1v) is 6.39. The highest BCUT2D eigenvalue weighted by atomic mass is 35.5. The van der Waals surface area contributed by atoms with E-state index >= 15 is 0 Å². The number of aromatic amines is 1. The zero-order chi connectivity index (χ0) is 13.4. The maximum Gasteiger partial charge on any atom is 0.215 e. The largest absolute Gasteiger partial charge is 0.481 e. The average Bonchev–Trinajstić information content (AvgIpc) is 2.75. The number of imidazole rings is 1. The van der Waals surface area contributed by atoms with E-state index in [2.05, 4.69) is 9.97 Å². The van der Waals surface area contributed by atoms with Gasteiger partial charge in [-0.15, -0.1) is 0 Å². The van der Waals surface area contributed by atoms with Crippen molar-refractivity contribution in [2.75, 3.05) is 7.11 Å². The number of hydrogen-bond donors (Lipinski definition) is 1. The van der Waals surface area contributed by atoms with Gasteiger partial charge in [0.05, 0.1) is 18.3 Å². The minimum absolute atomic E-state index is 0.546. The lowest BCUT2D eigenvalue weighted by Crippen LogP contribution is -1.96. The topological polar surface area (TPSA) is 42.8 Å².